The van der Waals surface area contributed by atoms with Crippen LogP contribution in [0.15, 0.2) is 0 Å². The predicted molar refractivity (Wildman–Crippen MR) is 386 cm³/mol. The number of aliphatic hydroxyl groups excluding tert-OH is 1. The van der Waals surface area contributed by atoms with Crippen LogP contribution in [-0.4, -0.2) is 96.7 Å². The molecular formula is C76H148O17P2. The van der Waals surface area contributed by atoms with Crippen molar-refractivity contribution in [3.8, 4) is 0 Å². The van der Waals surface area contributed by atoms with Crippen LogP contribution in [0.4, 0.5) is 0 Å². The van der Waals surface area contributed by atoms with Gasteiger partial charge in [-0.3, -0.25) is 37.3 Å². The molecule has 0 aliphatic carbocycles. The van der Waals surface area contributed by atoms with Gasteiger partial charge in [0.2, 0.25) is 0 Å². The van der Waals surface area contributed by atoms with Gasteiger partial charge in [0.05, 0.1) is 26.4 Å². The highest BCUT2D eigenvalue weighted by Crippen LogP contribution is 2.45. The molecule has 0 aromatic heterocycles. The zero-order chi connectivity index (χ0) is 70.0. The van der Waals surface area contributed by atoms with E-state index in [4.69, 9.17) is 37.0 Å². The van der Waals surface area contributed by atoms with E-state index in [1.54, 1.807) is 0 Å². The number of ether oxygens (including phenoxy) is 4. The Morgan fingerprint density at radius 2 is 0.537 bits per heavy atom. The average molecular weight is 1400 g/mol. The predicted octanol–water partition coefficient (Wildman–Crippen LogP) is 22.3. The van der Waals surface area contributed by atoms with Gasteiger partial charge in [-0.15, -0.1) is 0 Å². The Morgan fingerprint density at radius 1 is 0.305 bits per heavy atom. The van der Waals surface area contributed by atoms with Crippen LogP contribution < -0.4 is 0 Å². The number of carbonyl (C=O) groups excluding carboxylic acids is 4. The highest BCUT2D eigenvalue weighted by molar-refractivity contribution is 7.47. The largest absolute Gasteiger partial charge is 0.472 e. The molecule has 0 bridgehead atoms. The van der Waals surface area contributed by atoms with E-state index in [0.29, 0.717) is 25.7 Å². The van der Waals surface area contributed by atoms with Crippen molar-refractivity contribution < 1.29 is 80.2 Å². The van der Waals surface area contributed by atoms with Gasteiger partial charge in [-0.05, 0) is 37.5 Å². The number of rotatable bonds is 75. The summed E-state index contributed by atoms with van der Waals surface area (Å²) in [5, 5.41) is 10.6. The van der Waals surface area contributed by atoms with Gasteiger partial charge in [0, 0.05) is 25.7 Å². The molecule has 0 spiro atoms. The van der Waals surface area contributed by atoms with Crippen LogP contribution in [-0.2, 0) is 65.4 Å². The maximum Gasteiger partial charge on any atom is 0.472 e. The summed E-state index contributed by atoms with van der Waals surface area (Å²) in [6.45, 7) is 9.55. The molecule has 0 heterocycles. The molecule has 0 aliphatic heterocycles. The minimum Gasteiger partial charge on any atom is -0.462 e. The molecule has 564 valence electrons. The SMILES string of the molecule is CCCCCCCCCCCCCCCCCCC(=O)OC[C@H](COP(=O)(O)OC[C@@H](O)COP(=O)(O)OC[C@@H](COC(=O)CCCCCCCCCC)OC(=O)CCCCCCCCC(C)CC)OC(=O)CCCCCCCCCCCCCCCCCCCCC(C)C. The van der Waals surface area contributed by atoms with E-state index in [2.05, 4.69) is 41.5 Å². The molecule has 0 aromatic carbocycles. The minimum atomic E-state index is -4.96. The quantitative estimate of drug-likeness (QED) is 0.0222. The summed E-state index contributed by atoms with van der Waals surface area (Å²) in [4.78, 5) is 72.7. The van der Waals surface area contributed by atoms with Crippen LogP contribution in [0.2, 0.25) is 0 Å². The van der Waals surface area contributed by atoms with Gasteiger partial charge in [0.15, 0.2) is 12.2 Å². The van der Waals surface area contributed by atoms with Gasteiger partial charge >= 0.3 is 39.5 Å². The van der Waals surface area contributed by atoms with Crippen LogP contribution in [0.1, 0.15) is 395 Å². The summed E-state index contributed by atoms with van der Waals surface area (Å²) in [6.07, 6.45) is 55.7. The van der Waals surface area contributed by atoms with Crippen molar-refractivity contribution in [2.75, 3.05) is 39.6 Å². The standard InChI is InChI=1S/C76H148O17P2/c1-7-10-12-14-16-18-19-20-21-27-30-33-36-40-47-53-59-74(79)87-64-71(92-75(80)60-54-48-41-37-34-31-28-25-23-22-24-26-29-32-35-38-44-50-56-68(4)5)66-90-94(82,83)88-62-70(77)63-89-95(84,85)91-67-72(65-86-73(78)58-52-46-39-17-15-13-11-8-2)93-76(81)61-55-49-43-42-45-51-57-69(6)9-3/h68-72,77H,7-67H2,1-6H3,(H,82,83)(H,84,85)/t69?,70-,71-,72-/m1/s1. The lowest BCUT2D eigenvalue weighted by Gasteiger charge is -2.21. The Hall–Kier alpha value is -1.94. The van der Waals surface area contributed by atoms with E-state index in [9.17, 15) is 43.2 Å². The van der Waals surface area contributed by atoms with Crippen molar-refractivity contribution in [2.24, 2.45) is 11.8 Å². The summed E-state index contributed by atoms with van der Waals surface area (Å²) in [5.41, 5.74) is 0. The number of esters is 4. The fourth-order valence-corrected chi connectivity index (χ4v) is 13.2. The molecule has 95 heavy (non-hydrogen) atoms. The molecule has 0 rings (SSSR count). The molecule has 0 fully saturated rings. The summed E-state index contributed by atoms with van der Waals surface area (Å²) < 4.78 is 68.4. The van der Waals surface area contributed by atoms with E-state index in [1.165, 1.54) is 205 Å². The van der Waals surface area contributed by atoms with Crippen molar-refractivity contribution >= 4 is 39.5 Å². The Labute approximate surface area is 581 Å². The first-order valence-corrected chi connectivity index (χ1v) is 42.5. The highest BCUT2D eigenvalue weighted by atomic mass is 31.2. The lowest BCUT2D eigenvalue weighted by atomic mass is 10.00. The fourth-order valence-electron chi connectivity index (χ4n) is 11.6. The maximum atomic E-state index is 13.1. The number of carbonyl (C=O) groups is 4. The Bertz CT molecular complexity index is 1840. The zero-order valence-electron chi connectivity index (χ0n) is 62.0. The van der Waals surface area contributed by atoms with Crippen molar-refractivity contribution in [3.63, 3.8) is 0 Å². The highest BCUT2D eigenvalue weighted by Gasteiger charge is 2.30. The summed E-state index contributed by atoms with van der Waals surface area (Å²) in [5.74, 6) is -0.580. The fraction of sp³-hybridized carbons (Fsp3) is 0.947. The van der Waals surface area contributed by atoms with Gasteiger partial charge in [-0.1, -0.05) is 343 Å². The number of phosphoric acid groups is 2. The van der Waals surface area contributed by atoms with Crippen LogP contribution >= 0.6 is 15.6 Å². The molecule has 0 amide bonds. The van der Waals surface area contributed by atoms with Gasteiger partial charge < -0.3 is 33.8 Å². The first kappa shape index (κ1) is 93.1. The van der Waals surface area contributed by atoms with Gasteiger partial charge in [0.1, 0.15) is 19.3 Å². The molecule has 0 saturated carbocycles. The lowest BCUT2D eigenvalue weighted by Crippen LogP contribution is -2.30. The smallest absolute Gasteiger partial charge is 0.462 e. The maximum absolute atomic E-state index is 13.1. The summed E-state index contributed by atoms with van der Waals surface area (Å²) in [6, 6.07) is 0. The van der Waals surface area contributed by atoms with E-state index < -0.39 is 97.5 Å². The molecule has 3 unspecified atom stereocenters. The number of unbranched alkanes of at least 4 members (excludes halogenated alkanes) is 44. The average Bonchev–Trinajstić information content (AvgIpc) is 1.39. The van der Waals surface area contributed by atoms with Crippen molar-refractivity contribution in [1.29, 1.82) is 0 Å². The molecule has 0 aromatic rings. The second-order valence-corrected chi connectivity index (χ2v) is 31.0. The number of aliphatic hydroxyl groups is 1. The zero-order valence-corrected chi connectivity index (χ0v) is 63.8. The Morgan fingerprint density at radius 3 is 0.800 bits per heavy atom. The number of phosphoric ester groups is 2. The van der Waals surface area contributed by atoms with E-state index >= 15 is 0 Å². The van der Waals surface area contributed by atoms with Crippen molar-refractivity contribution in [2.45, 2.75) is 413 Å². The third-order valence-electron chi connectivity index (χ3n) is 18.1. The van der Waals surface area contributed by atoms with Crippen LogP contribution in [0.25, 0.3) is 0 Å². The second-order valence-electron chi connectivity index (χ2n) is 28.1. The Balaban J connectivity index is 5.17. The molecule has 6 atom stereocenters. The molecule has 0 radical (unpaired) electrons. The third kappa shape index (κ3) is 69.0. The van der Waals surface area contributed by atoms with E-state index in [1.807, 2.05) is 0 Å². The van der Waals surface area contributed by atoms with Crippen molar-refractivity contribution in [3.05, 3.63) is 0 Å². The first-order chi connectivity index (χ1) is 45.9. The number of hydrogen-bond acceptors (Lipinski definition) is 15. The van der Waals surface area contributed by atoms with Crippen LogP contribution in [0, 0.1) is 11.8 Å². The van der Waals surface area contributed by atoms with Gasteiger partial charge in [-0.2, -0.15) is 0 Å². The summed E-state index contributed by atoms with van der Waals surface area (Å²) in [7, 11) is -9.91. The second kappa shape index (κ2) is 67.9. The third-order valence-corrected chi connectivity index (χ3v) is 20.0. The van der Waals surface area contributed by atoms with Crippen molar-refractivity contribution in [1.82, 2.24) is 0 Å². The number of hydrogen-bond donors (Lipinski definition) is 3. The molecular weight excluding hydrogens is 1250 g/mol. The van der Waals surface area contributed by atoms with Crippen LogP contribution in [0.5, 0.6) is 0 Å². The normalized spacial score (nSPS) is 14.3. The molecule has 0 saturated heterocycles. The Kier molecular flexibility index (Phi) is 66.5. The minimum absolute atomic E-state index is 0.103. The first-order valence-electron chi connectivity index (χ1n) is 39.5. The topological polar surface area (TPSA) is 237 Å². The monoisotopic (exact) mass is 1400 g/mol. The van der Waals surface area contributed by atoms with Gasteiger partial charge in [0.25, 0.3) is 0 Å². The molecule has 3 N–H and O–H groups in total. The van der Waals surface area contributed by atoms with E-state index in [-0.39, 0.29) is 25.7 Å². The molecule has 17 nitrogen and oxygen atoms in total. The molecule has 0 aliphatic rings. The lowest BCUT2D eigenvalue weighted by molar-refractivity contribution is -0.161. The van der Waals surface area contributed by atoms with Gasteiger partial charge in [-0.25, -0.2) is 9.13 Å². The van der Waals surface area contributed by atoms with E-state index in [0.717, 1.165) is 108 Å². The van der Waals surface area contributed by atoms with Crippen LogP contribution in [0.3, 0.4) is 0 Å². The summed E-state index contributed by atoms with van der Waals surface area (Å²) >= 11 is 0. The molecule has 19 heteroatoms.